The number of halogens is 2. The number of amides is 2. The Labute approximate surface area is 283 Å². The fraction of sp³-hybridized carbons (Fsp3) is 0.257. The predicted octanol–water partition coefficient (Wildman–Crippen LogP) is 7.27. The molecule has 0 fully saturated rings. The summed E-state index contributed by atoms with van der Waals surface area (Å²) >= 11 is 6.88. The third-order valence-corrected chi connectivity index (χ3v) is 10.4. The van der Waals surface area contributed by atoms with E-state index in [0.717, 1.165) is 36.4 Å². The number of aryl methyl sites for hydroxylation is 1. The molecule has 4 aromatic rings. The van der Waals surface area contributed by atoms with Crippen LogP contribution in [-0.4, -0.2) is 43.8 Å². The average molecular weight is 756 g/mol. The van der Waals surface area contributed by atoms with Gasteiger partial charge in [-0.25, -0.2) is 8.42 Å². The monoisotopic (exact) mass is 753 g/mol. The lowest BCUT2D eigenvalue weighted by Gasteiger charge is -2.34. The third-order valence-electron chi connectivity index (χ3n) is 7.54. The van der Waals surface area contributed by atoms with Gasteiger partial charge >= 0.3 is 0 Å². The fourth-order valence-electron chi connectivity index (χ4n) is 4.76. The van der Waals surface area contributed by atoms with E-state index in [1.54, 1.807) is 48.5 Å². The maximum atomic E-state index is 14.5. The van der Waals surface area contributed by atoms with Gasteiger partial charge in [-0.15, -0.1) is 0 Å². The highest BCUT2D eigenvalue weighted by molar-refractivity contribution is 9.10. The van der Waals surface area contributed by atoms with Gasteiger partial charge in [0.2, 0.25) is 11.8 Å². The Morgan fingerprint density at radius 1 is 0.800 bits per heavy atom. The third kappa shape index (κ3) is 9.28. The molecule has 0 aliphatic carbocycles. The van der Waals surface area contributed by atoms with Gasteiger partial charge in [0, 0.05) is 28.0 Å². The number of benzene rings is 4. The Morgan fingerprint density at radius 3 is 1.96 bits per heavy atom. The first-order valence-electron chi connectivity index (χ1n) is 14.7. The molecule has 7 nitrogen and oxygen atoms in total. The molecule has 0 aliphatic heterocycles. The number of nitrogens with zero attached hydrogens (tertiary/aromatic N) is 2. The van der Waals surface area contributed by atoms with Crippen LogP contribution in [-0.2, 0) is 32.6 Å². The van der Waals surface area contributed by atoms with Crippen molar-refractivity contribution in [3.05, 3.63) is 129 Å². The number of hydrogen-bond acceptors (Lipinski definition) is 4. The molecular weight excluding hydrogens is 718 g/mol. The molecule has 1 N–H and O–H groups in total. The SMILES string of the molecule is CC[C@@H](C)NC(=O)[C@H](Cc1ccccc1)N(Cc1ccc(Br)cc1)C(=O)CN(c1ccc(Br)cc1)S(=O)(=O)c1ccc(C)cc1. The van der Waals surface area contributed by atoms with Crippen molar-refractivity contribution in [2.75, 3.05) is 10.8 Å². The molecule has 4 aromatic carbocycles. The number of carbonyl (C=O) groups is 2. The molecule has 4 rings (SSSR count). The Hall–Kier alpha value is -3.47. The van der Waals surface area contributed by atoms with Crippen LogP contribution >= 0.6 is 31.9 Å². The van der Waals surface area contributed by atoms with E-state index in [1.807, 2.05) is 75.4 Å². The maximum Gasteiger partial charge on any atom is 0.264 e. The van der Waals surface area contributed by atoms with Gasteiger partial charge in [-0.05, 0) is 79.9 Å². The highest BCUT2D eigenvalue weighted by Gasteiger charge is 2.35. The smallest absolute Gasteiger partial charge is 0.264 e. The first-order chi connectivity index (χ1) is 21.5. The second-order valence-electron chi connectivity index (χ2n) is 11.0. The quantitative estimate of drug-likeness (QED) is 0.156. The summed E-state index contributed by atoms with van der Waals surface area (Å²) in [6.45, 7) is 5.38. The van der Waals surface area contributed by atoms with Crippen LogP contribution in [0.2, 0.25) is 0 Å². The molecule has 0 bridgehead atoms. The zero-order valence-corrected chi connectivity index (χ0v) is 29.5. The van der Waals surface area contributed by atoms with Crippen molar-refractivity contribution >= 4 is 59.4 Å². The fourth-order valence-corrected chi connectivity index (χ4v) is 6.70. The molecule has 0 spiro atoms. The van der Waals surface area contributed by atoms with Gasteiger partial charge in [0.05, 0.1) is 10.6 Å². The lowest BCUT2D eigenvalue weighted by atomic mass is 10.0. The van der Waals surface area contributed by atoms with Gasteiger partial charge in [-0.3, -0.25) is 13.9 Å². The lowest BCUT2D eigenvalue weighted by Crippen LogP contribution is -2.54. The van der Waals surface area contributed by atoms with Crippen LogP contribution in [0.25, 0.3) is 0 Å². The number of hydrogen-bond donors (Lipinski definition) is 1. The van der Waals surface area contributed by atoms with Gasteiger partial charge in [-0.2, -0.15) is 0 Å². The van der Waals surface area contributed by atoms with E-state index >= 15 is 0 Å². The second kappa shape index (κ2) is 15.7. The van der Waals surface area contributed by atoms with Crippen molar-refractivity contribution in [2.45, 2.75) is 57.1 Å². The Morgan fingerprint density at radius 2 is 1.38 bits per heavy atom. The molecule has 2 amide bonds. The summed E-state index contributed by atoms with van der Waals surface area (Å²) in [6, 6.07) is 29.3. The lowest BCUT2D eigenvalue weighted by molar-refractivity contribution is -0.140. The van der Waals surface area contributed by atoms with E-state index in [9.17, 15) is 18.0 Å². The van der Waals surface area contributed by atoms with Crippen LogP contribution in [0.5, 0.6) is 0 Å². The molecule has 0 radical (unpaired) electrons. The molecule has 0 saturated heterocycles. The minimum absolute atomic E-state index is 0.0682. The van der Waals surface area contributed by atoms with E-state index in [2.05, 4.69) is 37.2 Å². The van der Waals surface area contributed by atoms with Gasteiger partial charge in [-0.1, -0.05) is 98.9 Å². The maximum absolute atomic E-state index is 14.5. The summed E-state index contributed by atoms with van der Waals surface area (Å²) < 4.78 is 31.0. The van der Waals surface area contributed by atoms with Crippen molar-refractivity contribution in [2.24, 2.45) is 0 Å². The van der Waals surface area contributed by atoms with Crippen molar-refractivity contribution in [1.29, 1.82) is 0 Å². The van der Waals surface area contributed by atoms with Gasteiger partial charge < -0.3 is 10.2 Å². The minimum Gasteiger partial charge on any atom is -0.352 e. The molecule has 0 saturated carbocycles. The number of anilines is 1. The zero-order valence-electron chi connectivity index (χ0n) is 25.5. The molecule has 0 unspecified atom stereocenters. The van der Waals surface area contributed by atoms with Crippen molar-refractivity contribution in [3.8, 4) is 0 Å². The minimum atomic E-state index is -4.15. The van der Waals surface area contributed by atoms with Gasteiger partial charge in [0.25, 0.3) is 10.0 Å². The summed E-state index contributed by atoms with van der Waals surface area (Å²) in [7, 11) is -4.15. The van der Waals surface area contributed by atoms with Crippen LogP contribution < -0.4 is 9.62 Å². The normalized spacial score (nSPS) is 12.6. The van der Waals surface area contributed by atoms with E-state index in [4.69, 9.17) is 0 Å². The first-order valence-corrected chi connectivity index (χ1v) is 17.7. The number of sulfonamides is 1. The van der Waals surface area contributed by atoms with E-state index in [1.165, 1.54) is 4.90 Å². The largest absolute Gasteiger partial charge is 0.352 e. The van der Waals surface area contributed by atoms with Gasteiger partial charge in [0.1, 0.15) is 12.6 Å². The van der Waals surface area contributed by atoms with Crippen molar-refractivity contribution in [3.63, 3.8) is 0 Å². The van der Waals surface area contributed by atoms with Gasteiger partial charge in [0.15, 0.2) is 0 Å². The van der Waals surface area contributed by atoms with Crippen molar-refractivity contribution < 1.29 is 18.0 Å². The predicted molar refractivity (Wildman–Crippen MR) is 186 cm³/mol. The molecule has 10 heteroatoms. The van der Waals surface area contributed by atoms with Crippen molar-refractivity contribution in [1.82, 2.24) is 10.2 Å². The number of carbonyl (C=O) groups excluding carboxylic acids is 2. The molecule has 0 heterocycles. The molecule has 0 aromatic heterocycles. The topological polar surface area (TPSA) is 86.8 Å². The molecule has 2 atom stereocenters. The highest BCUT2D eigenvalue weighted by atomic mass is 79.9. The standard InChI is InChI=1S/C35H37Br2N3O4S/c1-4-26(3)38-35(42)33(22-27-8-6-5-7-9-27)39(23-28-12-14-29(36)15-13-28)34(41)24-40(31-18-16-30(37)17-19-31)45(43,44)32-20-10-25(2)11-21-32/h5-21,26,33H,4,22-24H2,1-3H3,(H,38,42)/t26-,33+/m1/s1. The Balaban J connectivity index is 1.80. The van der Waals surface area contributed by atoms with Crippen LogP contribution in [0.1, 0.15) is 37.0 Å². The Kier molecular flexibility index (Phi) is 12.0. The number of rotatable bonds is 13. The van der Waals surface area contributed by atoms with Crippen LogP contribution in [0.15, 0.2) is 117 Å². The first kappa shape index (κ1) is 34.4. The average Bonchev–Trinajstić information content (AvgIpc) is 3.03. The summed E-state index contributed by atoms with van der Waals surface area (Å²) in [5.41, 5.74) is 2.93. The summed E-state index contributed by atoms with van der Waals surface area (Å²) in [5, 5.41) is 3.06. The zero-order chi connectivity index (χ0) is 32.6. The molecular formula is C35H37Br2N3O4S. The van der Waals surface area contributed by atoms with Crippen LogP contribution in [0.4, 0.5) is 5.69 Å². The molecule has 0 aliphatic rings. The van der Waals surface area contributed by atoms with Crippen LogP contribution in [0, 0.1) is 6.92 Å². The second-order valence-corrected chi connectivity index (χ2v) is 14.7. The highest BCUT2D eigenvalue weighted by Crippen LogP contribution is 2.27. The summed E-state index contributed by atoms with van der Waals surface area (Å²) in [6.07, 6.45) is 0.977. The Bertz CT molecular complexity index is 1680. The summed E-state index contributed by atoms with van der Waals surface area (Å²) in [4.78, 5) is 30.0. The summed E-state index contributed by atoms with van der Waals surface area (Å²) in [5.74, 6) is -0.799. The molecule has 236 valence electrons. The molecule has 45 heavy (non-hydrogen) atoms. The number of nitrogens with one attached hydrogen (secondary N) is 1. The van der Waals surface area contributed by atoms with E-state index in [0.29, 0.717) is 5.69 Å². The van der Waals surface area contributed by atoms with E-state index < -0.39 is 28.5 Å². The van der Waals surface area contributed by atoms with E-state index in [-0.39, 0.29) is 29.8 Å². The van der Waals surface area contributed by atoms with Crippen LogP contribution in [0.3, 0.4) is 0 Å².